The molecule has 3 aromatic carbocycles. The van der Waals surface area contributed by atoms with Crippen LogP contribution in [-0.2, 0) is 0 Å². The molecule has 1 atom stereocenters. The third kappa shape index (κ3) is 4.51. The van der Waals surface area contributed by atoms with Gasteiger partial charge in [-0.2, -0.15) is 0 Å². The van der Waals surface area contributed by atoms with Gasteiger partial charge in [0.2, 0.25) is 0 Å². The summed E-state index contributed by atoms with van der Waals surface area (Å²) in [6.07, 6.45) is 0. The fourth-order valence-electron chi connectivity index (χ4n) is 3.59. The Labute approximate surface area is 180 Å². The second-order valence-corrected chi connectivity index (χ2v) is 8.19. The molecule has 150 valence electrons. The van der Waals surface area contributed by atoms with Gasteiger partial charge in [0.1, 0.15) is 0 Å². The van der Waals surface area contributed by atoms with Crippen LogP contribution in [0.25, 0.3) is 0 Å². The highest BCUT2D eigenvalue weighted by atomic mass is 32.1. The van der Waals surface area contributed by atoms with Gasteiger partial charge in [0.05, 0.1) is 17.5 Å². The Morgan fingerprint density at radius 3 is 1.73 bits per heavy atom. The van der Waals surface area contributed by atoms with Crippen LogP contribution >= 0.6 is 11.3 Å². The van der Waals surface area contributed by atoms with E-state index in [-0.39, 0.29) is 18.4 Å². The maximum atomic E-state index is 12.9. The van der Waals surface area contributed by atoms with Gasteiger partial charge in [0, 0.05) is 10.8 Å². The van der Waals surface area contributed by atoms with E-state index in [0.717, 1.165) is 10.4 Å². The zero-order chi connectivity index (χ0) is 20.8. The van der Waals surface area contributed by atoms with Crippen LogP contribution in [0.4, 0.5) is 0 Å². The van der Waals surface area contributed by atoms with Crippen LogP contribution in [0.15, 0.2) is 103 Å². The number of thiophene rings is 1. The Hall–Kier alpha value is -3.21. The molecule has 0 bridgehead atoms. The van der Waals surface area contributed by atoms with Crippen molar-refractivity contribution < 1.29 is 9.90 Å². The smallest absolute Gasteiger partial charge is 0.261 e. The lowest BCUT2D eigenvalue weighted by Gasteiger charge is -2.17. The predicted octanol–water partition coefficient (Wildman–Crippen LogP) is 5.39. The van der Waals surface area contributed by atoms with Gasteiger partial charge in [-0.1, -0.05) is 91.0 Å². The summed E-state index contributed by atoms with van der Waals surface area (Å²) in [6.45, 7) is -0.148. The zero-order valence-electron chi connectivity index (χ0n) is 16.4. The number of rotatable bonds is 7. The SMILES string of the molecule is O=C(N[C@H](CO)c1ccccc1)c1ccc(C(c2ccccc2)c2ccccc2)s1. The number of hydrogen-bond acceptors (Lipinski definition) is 3. The second-order valence-electron chi connectivity index (χ2n) is 7.08. The van der Waals surface area contributed by atoms with E-state index in [9.17, 15) is 9.90 Å². The van der Waals surface area contributed by atoms with E-state index in [1.54, 1.807) is 0 Å². The van der Waals surface area contributed by atoms with Crippen LogP contribution in [0, 0.1) is 0 Å². The topological polar surface area (TPSA) is 49.3 Å². The molecule has 1 aromatic heterocycles. The molecule has 0 aliphatic heterocycles. The van der Waals surface area contributed by atoms with Crippen molar-refractivity contribution in [3.05, 3.63) is 130 Å². The molecule has 0 radical (unpaired) electrons. The first kappa shape index (κ1) is 20.1. The van der Waals surface area contributed by atoms with Gasteiger partial charge in [-0.25, -0.2) is 0 Å². The molecule has 4 heteroatoms. The molecule has 0 saturated carbocycles. The summed E-state index contributed by atoms with van der Waals surface area (Å²) in [6, 6.07) is 33.7. The number of amides is 1. The molecule has 0 unspecified atom stereocenters. The van der Waals surface area contributed by atoms with Crippen molar-refractivity contribution in [2.45, 2.75) is 12.0 Å². The van der Waals surface area contributed by atoms with E-state index < -0.39 is 6.04 Å². The number of aliphatic hydroxyl groups excluding tert-OH is 1. The minimum Gasteiger partial charge on any atom is -0.394 e. The molecule has 0 aliphatic carbocycles. The number of benzene rings is 3. The van der Waals surface area contributed by atoms with E-state index in [2.05, 4.69) is 29.6 Å². The van der Waals surface area contributed by atoms with Crippen molar-refractivity contribution >= 4 is 17.2 Å². The van der Waals surface area contributed by atoms with E-state index in [1.165, 1.54) is 22.5 Å². The third-order valence-electron chi connectivity index (χ3n) is 5.09. The molecular formula is C26H23NO2S. The zero-order valence-corrected chi connectivity index (χ0v) is 17.3. The Balaban J connectivity index is 1.60. The second kappa shape index (κ2) is 9.53. The quantitative estimate of drug-likeness (QED) is 0.427. The summed E-state index contributed by atoms with van der Waals surface area (Å²) in [5.41, 5.74) is 3.27. The van der Waals surface area contributed by atoms with Crippen molar-refractivity contribution in [2.24, 2.45) is 0 Å². The summed E-state index contributed by atoms with van der Waals surface area (Å²) in [5.74, 6) is -0.101. The summed E-state index contributed by atoms with van der Waals surface area (Å²) in [7, 11) is 0. The van der Waals surface area contributed by atoms with Crippen molar-refractivity contribution in [1.82, 2.24) is 5.32 Å². The highest BCUT2D eigenvalue weighted by molar-refractivity contribution is 7.14. The lowest BCUT2D eigenvalue weighted by atomic mass is 9.90. The van der Waals surface area contributed by atoms with Crippen molar-refractivity contribution in [1.29, 1.82) is 0 Å². The van der Waals surface area contributed by atoms with Crippen LogP contribution in [0.5, 0.6) is 0 Å². The van der Waals surface area contributed by atoms with Crippen LogP contribution < -0.4 is 5.32 Å². The van der Waals surface area contributed by atoms with Crippen molar-refractivity contribution in [3.63, 3.8) is 0 Å². The molecule has 0 spiro atoms. The first-order chi connectivity index (χ1) is 14.8. The van der Waals surface area contributed by atoms with Gasteiger partial charge in [-0.05, 0) is 28.8 Å². The van der Waals surface area contributed by atoms with Crippen LogP contribution in [-0.4, -0.2) is 17.6 Å². The van der Waals surface area contributed by atoms with E-state index in [1.807, 2.05) is 78.9 Å². The number of aliphatic hydroxyl groups is 1. The Bertz CT molecular complexity index is 1040. The lowest BCUT2D eigenvalue weighted by Crippen LogP contribution is -2.30. The Morgan fingerprint density at radius 2 is 1.23 bits per heavy atom. The highest BCUT2D eigenvalue weighted by Crippen LogP contribution is 2.36. The number of carbonyl (C=O) groups is 1. The van der Waals surface area contributed by atoms with Crippen molar-refractivity contribution in [2.75, 3.05) is 6.61 Å². The largest absolute Gasteiger partial charge is 0.394 e. The molecule has 1 amide bonds. The molecular weight excluding hydrogens is 390 g/mol. The first-order valence-corrected chi connectivity index (χ1v) is 10.7. The van der Waals surface area contributed by atoms with Gasteiger partial charge in [-0.15, -0.1) is 11.3 Å². The van der Waals surface area contributed by atoms with Gasteiger partial charge in [0.25, 0.3) is 5.91 Å². The third-order valence-corrected chi connectivity index (χ3v) is 6.24. The lowest BCUT2D eigenvalue weighted by molar-refractivity contribution is 0.0920. The maximum Gasteiger partial charge on any atom is 0.261 e. The summed E-state index contributed by atoms with van der Waals surface area (Å²) < 4.78 is 0. The van der Waals surface area contributed by atoms with E-state index >= 15 is 0 Å². The molecule has 0 saturated heterocycles. The number of hydrogen-bond donors (Lipinski definition) is 2. The van der Waals surface area contributed by atoms with Gasteiger partial charge >= 0.3 is 0 Å². The molecule has 4 rings (SSSR count). The Kier molecular flexibility index (Phi) is 6.38. The van der Waals surface area contributed by atoms with Crippen LogP contribution in [0.2, 0.25) is 0 Å². The first-order valence-electron chi connectivity index (χ1n) is 9.92. The molecule has 0 fully saturated rings. The minimum absolute atomic E-state index is 0.0710. The highest BCUT2D eigenvalue weighted by Gasteiger charge is 2.21. The molecule has 4 aromatic rings. The monoisotopic (exact) mass is 413 g/mol. The van der Waals surface area contributed by atoms with Gasteiger partial charge in [-0.3, -0.25) is 4.79 Å². The summed E-state index contributed by atoms with van der Waals surface area (Å²) >= 11 is 1.49. The maximum absolute atomic E-state index is 12.9. The van der Waals surface area contributed by atoms with Gasteiger partial charge < -0.3 is 10.4 Å². The molecule has 30 heavy (non-hydrogen) atoms. The normalized spacial score (nSPS) is 11.9. The molecule has 1 heterocycles. The van der Waals surface area contributed by atoms with Crippen molar-refractivity contribution in [3.8, 4) is 0 Å². The van der Waals surface area contributed by atoms with Gasteiger partial charge in [0.15, 0.2) is 0 Å². The Morgan fingerprint density at radius 1 is 0.733 bits per heavy atom. The van der Waals surface area contributed by atoms with Crippen LogP contribution in [0.3, 0.4) is 0 Å². The minimum atomic E-state index is -0.428. The predicted molar refractivity (Wildman–Crippen MR) is 122 cm³/mol. The molecule has 0 aliphatic rings. The number of carbonyl (C=O) groups excluding carboxylic acids is 1. The standard InChI is InChI=1S/C26H23NO2S/c28-18-22(19-10-4-1-5-11-19)27-26(29)24-17-16-23(30-24)25(20-12-6-2-7-13-20)21-14-8-3-9-15-21/h1-17,22,25,28H,18H2,(H,27,29)/t22-/m1/s1. The average molecular weight is 414 g/mol. The number of nitrogens with one attached hydrogen (secondary N) is 1. The van der Waals surface area contributed by atoms with E-state index in [0.29, 0.717) is 4.88 Å². The molecule has 2 N–H and O–H groups in total. The molecule has 3 nitrogen and oxygen atoms in total. The fraction of sp³-hybridized carbons (Fsp3) is 0.115. The van der Waals surface area contributed by atoms with E-state index in [4.69, 9.17) is 0 Å². The summed E-state index contributed by atoms with van der Waals surface area (Å²) in [5, 5.41) is 12.7. The fourth-order valence-corrected chi connectivity index (χ4v) is 4.66. The van der Waals surface area contributed by atoms with Crippen LogP contribution in [0.1, 0.15) is 43.2 Å². The average Bonchev–Trinajstić information content (AvgIpc) is 3.29. The summed E-state index contributed by atoms with van der Waals surface area (Å²) in [4.78, 5) is 14.6.